The summed E-state index contributed by atoms with van der Waals surface area (Å²) in [5.41, 5.74) is 0. The molecule has 6 nitrogen and oxygen atoms in total. The molecular formula is C14H27N3O3S. The number of nitrogens with two attached hydrogens (primary N) is 1. The van der Waals surface area contributed by atoms with Crippen LogP contribution in [0.15, 0.2) is 0 Å². The fourth-order valence-electron chi connectivity index (χ4n) is 2.96. The van der Waals surface area contributed by atoms with E-state index in [2.05, 4.69) is 25.7 Å². The molecular weight excluding hydrogens is 290 g/mol. The third-order valence-corrected chi connectivity index (χ3v) is 5.85. The predicted octanol–water partition coefficient (Wildman–Crippen LogP) is 0.937. The van der Waals surface area contributed by atoms with Gasteiger partial charge in [0, 0.05) is 31.1 Å². The Hall–Kier alpha value is -0.660. The maximum absolute atomic E-state index is 12.8. The standard InChI is InChI=1S/C14H27N3O3S/c1-10(2)11(3)17(13-4-5-13)14(18)12-6-8-16(9-7-12)21(15,19)20/h10-13H,4-9H2,1-3H3,(H2,15,19,20). The first kappa shape index (κ1) is 16.7. The quantitative estimate of drug-likeness (QED) is 0.819. The van der Waals surface area contributed by atoms with Crippen molar-refractivity contribution in [2.45, 2.75) is 58.5 Å². The smallest absolute Gasteiger partial charge is 0.276 e. The van der Waals surface area contributed by atoms with Crippen LogP contribution >= 0.6 is 0 Å². The largest absolute Gasteiger partial charge is 0.337 e. The molecule has 1 unspecified atom stereocenters. The lowest BCUT2D eigenvalue weighted by Crippen LogP contribution is -2.50. The van der Waals surface area contributed by atoms with Crippen LogP contribution in [0, 0.1) is 11.8 Å². The molecule has 1 aliphatic carbocycles. The van der Waals surface area contributed by atoms with Gasteiger partial charge in [-0.15, -0.1) is 0 Å². The fraction of sp³-hybridized carbons (Fsp3) is 0.929. The Labute approximate surface area is 127 Å². The zero-order valence-electron chi connectivity index (χ0n) is 13.2. The highest BCUT2D eigenvalue weighted by atomic mass is 32.2. The van der Waals surface area contributed by atoms with Crippen molar-refractivity contribution in [1.29, 1.82) is 0 Å². The van der Waals surface area contributed by atoms with E-state index in [0.717, 1.165) is 12.8 Å². The number of amides is 1. The number of nitrogens with zero attached hydrogens (tertiary/aromatic N) is 2. The molecule has 1 amide bonds. The molecule has 0 spiro atoms. The second kappa shape index (κ2) is 6.22. The van der Waals surface area contributed by atoms with Gasteiger partial charge in [0.1, 0.15) is 0 Å². The van der Waals surface area contributed by atoms with Gasteiger partial charge in [-0.05, 0) is 38.5 Å². The lowest BCUT2D eigenvalue weighted by Gasteiger charge is -2.37. The molecule has 1 saturated carbocycles. The Kier molecular flexibility index (Phi) is 4.95. The van der Waals surface area contributed by atoms with Gasteiger partial charge in [0.15, 0.2) is 0 Å². The number of rotatable bonds is 5. The molecule has 1 aliphatic heterocycles. The molecule has 7 heteroatoms. The van der Waals surface area contributed by atoms with E-state index in [1.54, 1.807) is 0 Å². The lowest BCUT2D eigenvalue weighted by molar-refractivity contribution is -0.140. The van der Waals surface area contributed by atoms with Crippen molar-refractivity contribution in [2.24, 2.45) is 17.0 Å². The Morgan fingerprint density at radius 1 is 1.14 bits per heavy atom. The summed E-state index contributed by atoms with van der Waals surface area (Å²) < 4.78 is 23.9. The van der Waals surface area contributed by atoms with Crippen LogP contribution in [0.3, 0.4) is 0 Å². The van der Waals surface area contributed by atoms with E-state index in [4.69, 9.17) is 5.14 Å². The van der Waals surface area contributed by atoms with E-state index < -0.39 is 10.2 Å². The first-order chi connectivity index (χ1) is 9.71. The summed E-state index contributed by atoms with van der Waals surface area (Å²) in [4.78, 5) is 14.9. The molecule has 1 atom stereocenters. The molecule has 21 heavy (non-hydrogen) atoms. The molecule has 2 N–H and O–H groups in total. The summed E-state index contributed by atoms with van der Waals surface area (Å²) in [6.45, 7) is 7.09. The first-order valence-electron chi connectivity index (χ1n) is 7.82. The number of hydrogen-bond donors (Lipinski definition) is 1. The zero-order chi connectivity index (χ0) is 15.8. The molecule has 2 aliphatic rings. The Bertz CT molecular complexity index is 480. The Morgan fingerprint density at radius 3 is 2.05 bits per heavy atom. The van der Waals surface area contributed by atoms with E-state index in [9.17, 15) is 13.2 Å². The van der Waals surface area contributed by atoms with E-state index >= 15 is 0 Å². The molecule has 0 aromatic heterocycles. The maximum Gasteiger partial charge on any atom is 0.276 e. The van der Waals surface area contributed by atoms with Crippen LogP contribution in [0.5, 0.6) is 0 Å². The number of hydrogen-bond acceptors (Lipinski definition) is 3. The van der Waals surface area contributed by atoms with Crippen LogP contribution in [0.25, 0.3) is 0 Å². The maximum atomic E-state index is 12.8. The number of carbonyl (C=O) groups is 1. The molecule has 0 aromatic rings. The molecule has 1 heterocycles. The number of piperidine rings is 1. The van der Waals surface area contributed by atoms with Crippen molar-refractivity contribution in [3.05, 3.63) is 0 Å². The number of carbonyl (C=O) groups excluding carboxylic acids is 1. The minimum atomic E-state index is -3.62. The van der Waals surface area contributed by atoms with Gasteiger partial charge in [-0.3, -0.25) is 4.79 Å². The molecule has 0 radical (unpaired) electrons. The topological polar surface area (TPSA) is 83.7 Å². The van der Waals surface area contributed by atoms with Crippen molar-refractivity contribution in [3.63, 3.8) is 0 Å². The van der Waals surface area contributed by atoms with Gasteiger partial charge >= 0.3 is 0 Å². The second-order valence-electron chi connectivity index (χ2n) is 6.68. The summed E-state index contributed by atoms with van der Waals surface area (Å²) >= 11 is 0. The van der Waals surface area contributed by atoms with Crippen molar-refractivity contribution in [1.82, 2.24) is 9.21 Å². The fourth-order valence-corrected chi connectivity index (χ4v) is 3.67. The molecule has 0 bridgehead atoms. The minimum absolute atomic E-state index is 0.0650. The van der Waals surface area contributed by atoms with Crippen LogP contribution in [0.2, 0.25) is 0 Å². The monoisotopic (exact) mass is 317 g/mol. The van der Waals surface area contributed by atoms with Crippen molar-refractivity contribution < 1.29 is 13.2 Å². The second-order valence-corrected chi connectivity index (χ2v) is 8.23. The third kappa shape index (κ3) is 3.96. The van der Waals surface area contributed by atoms with Crippen LogP contribution < -0.4 is 5.14 Å². The van der Waals surface area contributed by atoms with Crippen molar-refractivity contribution >= 4 is 16.1 Å². The molecule has 2 rings (SSSR count). The van der Waals surface area contributed by atoms with Crippen molar-refractivity contribution in [3.8, 4) is 0 Å². The summed E-state index contributed by atoms with van der Waals surface area (Å²) in [7, 11) is -3.62. The Morgan fingerprint density at radius 2 is 1.67 bits per heavy atom. The van der Waals surface area contributed by atoms with Gasteiger partial charge in [-0.2, -0.15) is 12.7 Å². The average molecular weight is 317 g/mol. The van der Waals surface area contributed by atoms with Crippen LogP contribution in [0.4, 0.5) is 0 Å². The van der Waals surface area contributed by atoms with Gasteiger partial charge in [0.2, 0.25) is 5.91 Å². The molecule has 2 fully saturated rings. The summed E-state index contributed by atoms with van der Waals surface area (Å²) in [5.74, 6) is 0.566. The summed E-state index contributed by atoms with van der Waals surface area (Å²) in [6.07, 6.45) is 3.34. The normalized spacial score (nSPS) is 23.3. The minimum Gasteiger partial charge on any atom is -0.337 e. The van der Waals surface area contributed by atoms with Gasteiger partial charge in [-0.25, -0.2) is 5.14 Å². The van der Waals surface area contributed by atoms with Gasteiger partial charge < -0.3 is 4.90 Å². The van der Waals surface area contributed by atoms with Crippen LogP contribution in [-0.2, 0) is 15.0 Å². The van der Waals surface area contributed by atoms with E-state index in [1.807, 2.05) is 0 Å². The SMILES string of the molecule is CC(C)C(C)N(C(=O)C1CCN(S(N)(=O)=O)CC1)C1CC1. The van der Waals surface area contributed by atoms with E-state index in [-0.39, 0.29) is 17.9 Å². The Balaban J connectivity index is 2.00. The predicted molar refractivity (Wildman–Crippen MR) is 81.6 cm³/mol. The zero-order valence-corrected chi connectivity index (χ0v) is 14.0. The highest BCUT2D eigenvalue weighted by Crippen LogP contribution is 2.33. The summed E-state index contributed by atoms with van der Waals surface area (Å²) in [5, 5.41) is 5.14. The van der Waals surface area contributed by atoms with Gasteiger partial charge in [0.25, 0.3) is 10.2 Å². The molecule has 122 valence electrons. The highest BCUT2D eigenvalue weighted by molar-refractivity contribution is 7.86. The van der Waals surface area contributed by atoms with Gasteiger partial charge in [-0.1, -0.05) is 13.8 Å². The molecule has 0 aromatic carbocycles. The van der Waals surface area contributed by atoms with Crippen LogP contribution in [-0.4, -0.2) is 48.7 Å². The van der Waals surface area contributed by atoms with Crippen LogP contribution in [0.1, 0.15) is 46.5 Å². The van der Waals surface area contributed by atoms with E-state index in [0.29, 0.717) is 37.9 Å². The lowest BCUT2D eigenvalue weighted by atomic mass is 9.94. The summed E-state index contributed by atoms with van der Waals surface area (Å²) in [6, 6.07) is 0.632. The average Bonchev–Trinajstić information content (AvgIpc) is 3.22. The third-order valence-electron chi connectivity index (χ3n) is 4.76. The van der Waals surface area contributed by atoms with E-state index in [1.165, 1.54) is 4.31 Å². The highest BCUT2D eigenvalue weighted by Gasteiger charge is 2.40. The van der Waals surface area contributed by atoms with Gasteiger partial charge in [0.05, 0.1) is 0 Å². The first-order valence-corrected chi connectivity index (χ1v) is 9.32. The molecule has 1 saturated heterocycles. The van der Waals surface area contributed by atoms with Crippen molar-refractivity contribution in [2.75, 3.05) is 13.1 Å².